The number of hydrogen-bond donors (Lipinski definition) is 3. The van der Waals surface area contributed by atoms with Gasteiger partial charge in [-0.2, -0.15) is 13.2 Å². The first kappa shape index (κ1) is 20.4. The molecule has 0 saturated carbocycles. The smallest absolute Gasteiger partial charge is 0.322 e. The zero-order valence-electron chi connectivity index (χ0n) is 14.4. The van der Waals surface area contributed by atoms with Gasteiger partial charge in [-0.05, 0) is 42.5 Å². The number of carbonyl (C=O) groups excluding carboxylic acids is 2. The summed E-state index contributed by atoms with van der Waals surface area (Å²) in [4.78, 5) is 24.4. The van der Waals surface area contributed by atoms with Crippen molar-refractivity contribution in [1.29, 1.82) is 0 Å². The van der Waals surface area contributed by atoms with Crippen LogP contribution in [0.2, 0.25) is 0 Å². The van der Waals surface area contributed by atoms with Gasteiger partial charge in [0, 0.05) is 11.4 Å². The van der Waals surface area contributed by atoms with E-state index in [4.69, 9.17) is 0 Å². The van der Waals surface area contributed by atoms with Crippen molar-refractivity contribution in [3.8, 4) is 0 Å². The summed E-state index contributed by atoms with van der Waals surface area (Å²) in [6.07, 6.45) is -4.50. The van der Waals surface area contributed by atoms with Crippen LogP contribution in [0.3, 0.4) is 0 Å². The fourth-order valence-electron chi connectivity index (χ4n) is 2.33. The topological polar surface area (TPSA) is 62.6 Å². The lowest BCUT2D eigenvalue weighted by Gasteiger charge is -2.14. The maximum Gasteiger partial charge on any atom is 0.416 e. The molecule has 3 N–H and O–H groups in total. The summed E-state index contributed by atoms with van der Waals surface area (Å²) in [6, 6.07) is 9.52. The molecule has 0 radical (unpaired) electrons. The summed E-state index contributed by atoms with van der Waals surface area (Å²) >= 11 is 0. The van der Waals surface area contributed by atoms with E-state index in [0.29, 0.717) is 10.6 Å². The minimum Gasteiger partial charge on any atom is -0.322 e. The van der Waals surface area contributed by atoms with Gasteiger partial charge in [-0.3, -0.25) is 9.59 Å². The van der Waals surface area contributed by atoms with Crippen molar-refractivity contribution < 1.29 is 32.1 Å². The van der Waals surface area contributed by atoms with Crippen molar-refractivity contribution in [3.63, 3.8) is 0 Å². The lowest BCUT2D eigenvalue weighted by atomic mass is 10.2. The van der Waals surface area contributed by atoms with Gasteiger partial charge in [-0.1, -0.05) is 6.07 Å². The van der Waals surface area contributed by atoms with E-state index in [1.54, 1.807) is 7.05 Å². The zero-order valence-corrected chi connectivity index (χ0v) is 14.4. The molecule has 2 aromatic rings. The van der Waals surface area contributed by atoms with Gasteiger partial charge in [0.2, 0.25) is 0 Å². The van der Waals surface area contributed by atoms with Crippen molar-refractivity contribution in [2.75, 3.05) is 30.8 Å². The predicted octanol–water partition coefficient (Wildman–Crippen LogP) is 1.94. The summed E-state index contributed by atoms with van der Waals surface area (Å²) in [7, 11) is 1.59. The van der Waals surface area contributed by atoms with Crippen LogP contribution in [0, 0.1) is 5.82 Å². The van der Waals surface area contributed by atoms with Crippen LogP contribution in [-0.2, 0) is 15.8 Å². The fourth-order valence-corrected chi connectivity index (χ4v) is 2.33. The molecule has 1 unspecified atom stereocenters. The van der Waals surface area contributed by atoms with Gasteiger partial charge in [0.15, 0.2) is 13.1 Å². The second-order valence-corrected chi connectivity index (χ2v) is 5.99. The normalized spacial score (nSPS) is 12.3. The van der Waals surface area contributed by atoms with Gasteiger partial charge in [0.1, 0.15) is 5.82 Å². The molecule has 5 nitrogen and oxygen atoms in total. The molecular formula is C18H18F4N3O2+. The number of anilines is 2. The molecule has 2 rings (SSSR count). The third kappa shape index (κ3) is 6.70. The van der Waals surface area contributed by atoms with Gasteiger partial charge in [-0.25, -0.2) is 4.39 Å². The van der Waals surface area contributed by atoms with E-state index >= 15 is 0 Å². The van der Waals surface area contributed by atoms with Gasteiger partial charge in [-0.15, -0.1) is 0 Å². The number of alkyl halides is 3. The zero-order chi connectivity index (χ0) is 20.0. The van der Waals surface area contributed by atoms with Gasteiger partial charge < -0.3 is 15.5 Å². The van der Waals surface area contributed by atoms with Crippen LogP contribution in [0.1, 0.15) is 5.56 Å². The first-order chi connectivity index (χ1) is 12.6. The Hall–Kier alpha value is -2.94. The molecule has 2 aromatic carbocycles. The Labute approximate surface area is 153 Å². The first-order valence-corrected chi connectivity index (χ1v) is 7.97. The molecule has 0 aromatic heterocycles. The molecule has 0 aliphatic carbocycles. The fraction of sp³-hybridized carbons (Fsp3) is 0.222. The lowest BCUT2D eigenvalue weighted by molar-refractivity contribution is -0.862. The Morgan fingerprint density at radius 2 is 1.48 bits per heavy atom. The van der Waals surface area contributed by atoms with Crippen molar-refractivity contribution in [2.45, 2.75) is 6.18 Å². The Bertz CT molecular complexity index is 807. The van der Waals surface area contributed by atoms with Crippen LogP contribution in [0.5, 0.6) is 0 Å². The molecule has 0 saturated heterocycles. The average Bonchev–Trinajstić information content (AvgIpc) is 2.56. The van der Waals surface area contributed by atoms with E-state index in [9.17, 15) is 27.2 Å². The molecule has 1 atom stereocenters. The first-order valence-electron chi connectivity index (χ1n) is 7.97. The van der Waals surface area contributed by atoms with Crippen molar-refractivity contribution >= 4 is 23.2 Å². The molecular weight excluding hydrogens is 366 g/mol. The summed E-state index contributed by atoms with van der Waals surface area (Å²) < 4.78 is 50.9. The molecule has 2 amide bonds. The highest BCUT2D eigenvalue weighted by Crippen LogP contribution is 2.30. The molecule has 144 valence electrons. The second kappa shape index (κ2) is 8.63. The van der Waals surface area contributed by atoms with E-state index in [-0.39, 0.29) is 24.7 Å². The maximum absolute atomic E-state index is 12.8. The number of likely N-dealkylation sites (N-methyl/N-ethyl adjacent to an activating group) is 1. The van der Waals surface area contributed by atoms with Crippen LogP contribution in [0.25, 0.3) is 0 Å². The molecule has 0 fully saturated rings. The third-order valence-corrected chi connectivity index (χ3v) is 3.53. The summed E-state index contributed by atoms with van der Waals surface area (Å²) in [5, 5.41) is 4.95. The van der Waals surface area contributed by atoms with Crippen molar-refractivity contribution in [2.24, 2.45) is 0 Å². The van der Waals surface area contributed by atoms with Crippen LogP contribution in [0.15, 0.2) is 48.5 Å². The number of benzene rings is 2. The molecule has 0 aliphatic heterocycles. The monoisotopic (exact) mass is 384 g/mol. The molecule has 0 bridgehead atoms. The highest BCUT2D eigenvalue weighted by atomic mass is 19.4. The van der Waals surface area contributed by atoms with Crippen LogP contribution < -0.4 is 15.5 Å². The Kier molecular flexibility index (Phi) is 6.51. The number of carbonyl (C=O) groups is 2. The molecule has 9 heteroatoms. The second-order valence-electron chi connectivity index (χ2n) is 5.99. The van der Waals surface area contributed by atoms with Crippen molar-refractivity contribution in [1.82, 2.24) is 0 Å². The van der Waals surface area contributed by atoms with E-state index in [1.807, 2.05) is 0 Å². The molecule has 0 spiro atoms. The number of rotatable bonds is 6. The van der Waals surface area contributed by atoms with E-state index in [0.717, 1.165) is 12.1 Å². The minimum atomic E-state index is -4.50. The van der Waals surface area contributed by atoms with E-state index < -0.39 is 23.5 Å². The van der Waals surface area contributed by atoms with E-state index in [1.165, 1.54) is 36.4 Å². The quantitative estimate of drug-likeness (QED) is 0.667. The standard InChI is InChI=1S/C18H17F4N3O2/c1-25(10-16(26)23-14-7-5-13(19)6-8-14)11-17(27)24-15-4-2-3-12(9-15)18(20,21)22/h2-9H,10-11H2,1H3,(H,23,26)(H,24,27)/p+1. The van der Waals surface area contributed by atoms with Gasteiger partial charge in [0.25, 0.3) is 11.8 Å². The number of hydrogen-bond acceptors (Lipinski definition) is 2. The van der Waals surface area contributed by atoms with Crippen LogP contribution >= 0.6 is 0 Å². The summed E-state index contributed by atoms with van der Waals surface area (Å²) in [5.74, 6) is -1.34. The molecule has 27 heavy (non-hydrogen) atoms. The van der Waals surface area contributed by atoms with Crippen LogP contribution in [0.4, 0.5) is 28.9 Å². The largest absolute Gasteiger partial charge is 0.416 e. The summed E-state index contributed by atoms with van der Waals surface area (Å²) in [6.45, 7) is -0.166. The van der Waals surface area contributed by atoms with Crippen molar-refractivity contribution in [3.05, 3.63) is 59.9 Å². The summed E-state index contributed by atoms with van der Waals surface area (Å²) in [5.41, 5.74) is -0.416. The maximum atomic E-state index is 12.8. The van der Waals surface area contributed by atoms with E-state index in [2.05, 4.69) is 10.6 Å². The Morgan fingerprint density at radius 3 is 2.04 bits per heavy atom. The number of halogens is 4. The highest BCUT2D eigenvalue weighted by Gasteiger charge is 2.30. The highest BCUT2D eigenvalue weighted by molar-refractivity contribution is 5.93. The molecule has 0 aliphatic rings. The molecule has 0 heterocycles. The minimum absolute atomic E-state index is 0.0263. The Balaban J connectivity index is 1.84. The average molecular weight is 384 g/mol. The number of nitrogens with one attached hydrogen (secondary N) is 3. The predicted molar refractivity (Wildman–Crippen MR) is 91.7 cm³/mol. The SMILES string of the molecule is C[NH+](CC(=O)Nc1ccc(F)cc1)CC(=O)Nc1cccc(C(F)(F)F)c1. The number of quaternary nitrogens is 1. The van der Waals surface area contributed by atoms with Crippen LogP contribution in [-0.4, -0.2) is 32.0 Å². The number of amides is 2. The Morgan fingerprint density at radius 1 is 0.926 bits per heavy atom. The lowest BCUT2D eigenvalue weighted by Crippen LogP contribution is -3.11. The van der Waals surface area contributed by atoms with Gasteiger partial charge >= 0.3 is 6.18 Å². The third-order valence-electron chi connectivity index (χ3n) is 3.53. The van der Waals surface area contributed by atoms with Gasteiger partial charge in [0.05, 0.1) is 12.6 Å².